The van der Waals surface area contributed by atoms with Crippen molar-refractivity contribution < 1.29 is 23.7 Å². The number of hydrogen-bond acceptors (Lipinski definition) is 6. The Morgan fingerprint density at radius 3 is 2.71 bits per heavy atom. The van der Waals surface area contributed by atoms with E-state index in [9.17, 15) is 9.59 Å². The largest absolute Gasteiger partial charge is 0.454 e. The third-order valence-electron chi connectivity index (χ3n) is 4.89. The van der Waals surface area contributed by atoms with Gasteiger partial charge in [0.2, 0.25) is 6.79 Å². The molecule has 2 aromatic rings. The molecule has 1 amide bonds. The molecule has 0 aliphatic carbocycles. The Kier molecular flexibility index (Phi) is 5.06. The average molecular weight is 386 g/mol. The van der Waals surface area contributed by atoms with Crippen LogP contribution in [0.3, 0.4) is 0 Å². The molecule has 0 spiro atoms. The van der Waals surface area contributed by atoms with Gasteiger partial charge < -0.3 is 23.8 Å². The number of hydrogen-bond donors (Lipinski definition) is 0. The molecule has 0 unspecified atom stereocenters. The van der Waals surface area contributed by atoms with Crippen LogP contribution in [-0.2, 0) is 9.47 Å². The van der Waals surface area contributed by atoms with Gasteiger partial charge in [0.1, 0.15) is 5.56 Å². The van der Waals surface area contributed by atoms with Crippen LogP contribution in [0.4, 0.5) is 0 Å². The van der Waals surface area contributed by atoms with Crippen molar-refractivity contribution in [2.45, 2.75) is 19.6 Å². The Morgan fingerprint density at radius 1 is 1.18 bits per heavy atom. The predicted octanol–water partition coefficient (Wildman–Crippen LogP) is 1.71. The third kappa shape index (κ3) is 3.48. The summed E-state index contributed by atoms with van der Waals surface area (Å²) in [5, 5.41) is 0. The molecule has 0 radical (unpaired) electrons. The Bertz CT molecular complexity index is 948. The fourth-order valence-corrected chi connectivity index (χ4v) is 3.29. The zero-order valence-corrected chi connectivity index (χ0v) is 15.8. The average Bonchev–Trinajstić information content (AvgIpc) is 3.37. The molecule has 1 aromatic heterocycles. The minimum Gasteiger partial charge on any atom is -0.454 e. The minimum atomic E-state index is -0.371. The Balaban J connectivity index is 1.59. The highest BCUT2D eigenvalue weighted by Gasteiger charge is 2.23. The number of pyridine rings is 1. The predicted molar refractivity (Wildman–Crippen MR) is 100 cm³/mol. The molecule has 0 saturated carbocycles. The van der Waals surface area contributed by atoms with Crippen molar-refractivity contribution in [2.75, 3.05) is 33.6 Å². The maximum atomic E-state index is 13.1. The van der Waals surface area contributed by atoms with Gasteiger partial charge in [0.15, 0.2) is 17.8 Å². The van der Waals surface area contributed by atoms with Crippen molar-refractivity contribution in [1.29, 1.82) is 0 Å². The SMILES string of the molecule is Cc1ccn(-c2ccc3c(c2)OCO3)c(=O)c1C(=O)N(C)CCC1OCCO1. The van der Waals surface area contributed by atoms with Gasteiger partial charge in [-0.3, -0.25) is 14.2 Å². The Morgan fingerprint density at radius 2 is 1.93 bits per heavy atom. The second kappa shape index (κ2) is 7.65. The molecule has 2 aliphatic heterocycles. The van der Waals surface area contributed by atoms with E-state index in [2.05, 4.69) is 0 Å². The molecule has 148 valence electrons. The number of ether oxygens (including phenoxy) is 4. The van der Waals surface area contributed by atoms with E-state index in [-0.39, 0.29) is 30.1 Å². The van der Waals surface area contributed by atoms with Gasteiger partial charge in [0.25, 0.3) is 11.5 Å². The van der Waals surface area contributed by atoms with Crippen LogP contribution in [0.25, 0.3) is 5.69 Å². The molecule has 3 heterocycles. The lowest BCUT2D eigenvalue weighted by Gasteiger charge is -2.20. The van der Waals surface area contributed by atoms with E-state index >= 15 is 0 Å². The minimum absolute atomic E-state index is 0.149. The lowest BCUT2D eigenvalue weighted by molar-refractivity contribution is -0.0494. The van der Waals surface area contributed by atoms with Gasteiger partial charge in [-0.1, -0.05) is 0 Å². The van der Waals surface area contributed by atoms with Crippen LogP contribution < -0.4 is 15.0 Å². The van der Waals surface area contributed by atoms with Crippen molar-refractivity contribution >= 4 is 5.91 Å². The number of fused-ring (bicyclic) bond motifs is 1. The summed E-state index contributed by atoms with van der Waals surface area (Å²) >= 11 is 0. The molecular weight excluding hydrogens is 364 g/mol. The van der Waals surface area contributed by atoms with Crippen molar-refractivity contribution in [1.82, 2.24) is 9.47 Å². The zero-order chi connectivity index (χ0) is 19.7. The van der Waals surface area contributed by atoms with Gasteiger partial charge in [-0.25, -0.2) is 0 Å². The number of carbonyl (C=O) groups excluding carboxylic acids is 1. The first kappa shape index (κ1) is 18.5. The normalized spacial score (nSPS) is 15.8. The highest BCUT2D eigenvalue weighted by atomic mass is 16.7. The van der Waals surface area contributed by atoms with E-state index < -0.39 is 0 Å². The van der Waals surface area contributed by atoms with E-state index in [0.29, 0.717) is 48.9 Å². The topological polar surface area (TPSA) is 79.2 Å². The van der Waals surface area contributed by atoms with Crippen LogP contribution in [0.1, 0.15) is 22.3 Å². The van der Waals surface area contributed by atoms with Gasteiger partial charge >= 0.3 is 0 Å². The smallest absolute Gasteiger partial charge is 0.268 e. The molecule has 1 fully saturated rings. The lowest BCUT2D eigenvalue weighted by Crippen LogP contribution is -2.36. The molecule has 1 saturated heterocycles. The summed E-state index contributed by atoms with van der Waals surface area (Å²) in [6, 6.07) is 7.00. The second-order valence-electron chi connectivity index (χ2n) is 6.77. The van der Waals surface area contributed by atoms with Crippen molar-refractivity contribution in [3.63, 3.8) is 0 Å². The summed E-state index contributed by atoms with van der Waals surface area (Å²) in [6.45, 7) is 3.49. The first-order valence-corrected chi connectivity index (χ1v) is 9.15. The van der Waals surface area contributed by atoms with Crippen molar-refractivity contribution in [2.24, 2.45) is 0 Å². The summed E-state index contributed by atoms with van der Waals surface area (Å²) in [5.74, 6) is 0.887. The van der Waals surface area contributed by atoms with Gasteiger partial charge in [-0.15, -0.1) is 0 Å². The summed E-state index contributed by atoms with van der Waals surface area (Å²) in [4.78, 5) is 27.6. The number of aryl methyl sites for hydroxylation is 1. The van der Waals surface area contributed by atoms with Gasteiger partial charge in [-0.2, -0.15) is 0 Å². The number of aromatic nitrogens is 1. The molecule has 0 N–H and O–H groups in total. The highest BCUT2D eigenvalue weighted by molar-refractivity contribution is 5.95. The van der Waals surface area contributed by atoms with E-state index in [1.54, 1.807) is 44.4 Å². The number of amides is 1. The van der Waals surface area contributed by atoms with Crippen LogP contribution in [-0.4, -0.2) is 55.3 Å². The summed E-state index contributed by atoms with van der Waals surface area (Å²) in [6.07, 6.45) is 1.92. The molecule has 8 heteroatoms. The maximum absolute atomic E-state index is 13.1. The fraction of sp³-hybridized carbons (Fsp3) is 0.400. The molecule has 28 heavy (non-hydrogen) atoms. The lowest BCUT2D eigenvalue weighted by atomic mass is 10.1. The van der Waals surface area contributed by atoms with Crippen LogP contribution in [0.5, 0.6) is 11.5 Å². The van der Waals surface area contributed by atoms with Gasteiger partial charge in [-0.05, 0) is 30.7 Å². The Hall–Kier alpha value is -2.84. The quantitative estimate of drug-likeness (QED) is 0.778. The van der Waals surface area contributed by atoms with E-state index in [0.717, 1.165) is 0 Å². The summed E-state index contributed by atoms with van der Waals surface area (Å²) < 4.78 is 22.9. The fourth-order valence-electron chi connectivity index (χ4n) is 3.29. The van der Waals surface area contributed by atoms with Gasteiger partial charge in [0, 0.05) is 32.3 Å². The van der Waals surface area contributed by atoms with Crippen molar-refractivity contribution in [3.8, 4) is 17.2 Å². The molecule has 0 atom stereocenters. The second-order valence-corrected chi connectivity index (χ2v) is 6.77. The maximum Gasteiger partial charge on any atom is 0.268 e. The zero-order valence-electron chi connectivity index (χ0n) is 15.8. The monoisotopic (exact) mass is 386 g/mol. The highest BCUT2D eigenvalue weighted by Crippen LogP contribution is 2.33. The van der Waals surface area contributed by atoms with Crippen molar-refractivity contribution in [3.05, 3.63) is 51.9 Å². The number of nitrogens with zero attached hydrogens (tertiary/aromatic N) is 2. The number of carbonyl (C=O) groups is 1. The Labute approximate surface area is 162 Å². The van der Waals surface area contributed by atoms with Gasteiger partial charge in [0.05, 0.1) is 18.9 Å². The number of benzene rings is 1. The van der Waals surface area contributed by atoms with Crippen LogP contribution in [0.15, 0.2) is 35.3 Å². The molecule has 0 bridgehead atoms. The van der Waals surface area contributed by atoms with Crippen LogP contribution in [0, 0.1) is 6.92 Å². The number of rotatable bonds is 5. The first-order chi connectivity index (χ1) is 13.5. The first-order valence-electron chi connectivity index (χ1n) is 9.15. The van der Waals surface area contributed by atoms with Crippen LogP contribution >= 0.6 is 0 Å². The standard InChI is InChI=1S/C20H22N2O6/c1-13-5-8-22(14-3-4-15-16(11-14)28-12-27-15)20(24)18(13)19(23)21(2)7-6-17-25-9-10-26-17/h3-5,8,11,17H,6-7,9-10,12H2,1-2H3. The summed E-state index contributed by atoms with van der Waals surface area (Å²) in [7, 11) is 1.67. The molecule has 1 aromatic carbocycles. The molecule has 8 nitrogen and oxygen atoms in total. The van der Waals surface area contributed by atoms with E-state index in [1.807, 2.05) is 0 Å². The van der Waals surface area contributed by atoms with E-state index in [1.165, 1.54) is 9.47 Å². The molecule has 2 aliphatic rings. The van der Waals surface area contributed by atoms with Crippen LogP contribution in [0.2, 0.25) is 0 Å². The molecular formula is C20H22N2O6. The summed E-state index contributed by atoms with van der Waals surface area (Å²) in [5.41, 5.74) is 1.02. The molecule has 4 rings (SSSR count). The van der Waals surface area contributed by atoms with E-state index in [4.69, 9.17) is 18.9 Å². The third-order valence-corrected chi connectivity index (χ3v) is 4.89.